The maximum absolute atomic E-state index is 12.0. The summed E-state index contributed by atoms with van der Waals surface area (Å²) in [5.74, 6) is 1.70. The van der Waals surface area contributed by atoms with Crippen molar-refractivity contribution in [3.8, 4) is 11.8 Å². The lowest BCUT2D eigenvalue weighted by Crippen LogP contribution is -2.10. The summed E-state index contributed by atoms with van der Waals surface area (Å²) in [6, 6.07) is 12.2. The van der Waals surface area contributed by atoms with Crippen LogP contribution in [0.15, 0.2) is 48.5 Å². The number of carbonyl (C=O) groups excluding carboxylic acids is 1. The second-order valence-corrected chi connectivity index (χ2v) is 4.32. The molecule has 0 aliphatic carbocycles. The molecule has 0 atom stereocenters. The van der Waals surface area contributed by atoms with Crippen LogP contribution in [-0.2, 0) is 0 Å². The first-order valence-corrected chi connectivity index (χ1v) is 6.21. The van der Waals surface area contributed by atoms with E-state index in [1.165, 1.54) is 6.07 Å². The number of hydrogen-bond donors (Lipinski definition) is 2. The smallest absolute Gasteiger partial charge is 0.336 e. The predicted molar refractivity (Wildman–Crippen MR) is 78.0 cm³/mol. The van der Waals surface area contributed by atoms with E-state index in [4.69, 9.17) is 10.2 Å². The highest BCUT2D eigenvalue weighted by Gasteiger charge is 2.17. The van der Waals surface area contributed by atoms with Crippen molar-refractivity contribution in [1.29, 1.82) is 0 Å². The average Bonchev–Trinajstić information content (AvgIpc) is 2.52. The zero-order chi connectivity index (χ0) is 16.1. The molecule has 0 aliphatic rings. The van der Waals surface area contributed by atoms with E-state index in [1.807, 2.05) is 6.07 Å². The van der Waals surface area contributed by atoms with Gasteiger partial charge in [0.15, 0.2) is 0 Å². The molecule has 2 aromatic rings. The molecule has 0 bridgehead atoms. The Morgan fingerprint density at radius 2 is 1.45 bits per heavy atom. The number of Topliss-reactive ketones (excluding diaryl/α,β-unsaturated/α-hetero) is 1. The lowest BCUT2D eigenvalue weighted by atomic mass is 10.0. The van der Waals surface area contributed by atoms with Crippen LogP contribution in [0.5, 0.6) is 0 Å². The van der Waals surface area contributed by atoms with Crippen molar-refractivity contribution in [2.24, 2.45) is 0 Å². The summed E-state index contributed by atoms with van der Waals surface area (Å²) in [5, 5.41) is 17.9. The van der Waals surface area contributed by atoms with Crippen LogP contribution >= 0.6 is 0 Å². The quantitative estimate of drug-likeness (QED) is 0.669. The van der Waals surface area contributed by atoms with Gasteiger partial charge in [0.05, 0.1) is 11.1 Å². The summed E-state index contributed by atoms with van der Waals surface area (Å²) >= 11 is 0. The van der Waals surface area contributed by atoms with Gasteiger partial charge >= 0.3 is 11.9 Å². The Balaban J connectivity index is 2.35. The predicted octanol–water partition coefficient (Wildman–Crippen LogP) is 2.32. The maximum atomic E-state index is 12.0. The molecule has 108 valence electrons. The van der Waals surface area contributed by atoms with Crippen LogP contribution in [0.1, 0.15) is 36.6 Å². The number of carboxylic acids is 2. The molecule has 5 heteroatoms. The molecule has 22 heavy (non-hydrogen) atoms. The topological polar surface area (TPSA) is 91.7 Å². The van der Waals surface area contributed by atoms with E-state index >= 15 is 0 Å². The monoisotopic (exact) mass is 294 g/mol. The van der Waals surface area contributed by atoms with E-state index in [0.29, 0.717) is 5.56 Å². The molecule has 0 spiro atoms. The highest BCUT2D eigenvalue weighted by atomic mass is 16.4. The Morgan fingerprint density at radius 3 is 2.05 bits per heavy atom. The Morgan fingerprint density at radius 1 is 0.818 bits per heavy atom. The molecule has 0 unspecified atom stereocenters. The first kappa shape index (κ1) is 15.0. The van der Waals surface area contributed by atoms with E-state index in [9.17, 15) is 14.4 Å². The van der Waals surface area contributed by atoms with Crippen LogP contribution < -0.4 is 0 Å². The first-order chi connectivity index (χ1) is 10.5. The molecule has 2 rings (SSSR count). The summed E-state index contributed by atoms with van der Waals surface area (Å²) < 4.78 is 0. The van der Waals surface area contributed by atoms with E-state index in [1.54, 1.807) is 24.3 Å². The minimum absolute atomic E-state index is 0.0332. The second kappa shape index (κ2) is 6.37. The minimum atomic E-state index is -1.41. The molecule has 0 aromatic heterocycles. The third-order valence-electron chi connectivity index (χ3n) is 2.84. The summed E-state index contributed by atoms with van der Waals surface area (Å²) in [4.78, 5) is 34.0. The normalized spacial score (nSPS) is 9.45. The van der Waals surface area contributed by atoms with Crippen molar-refractivity contribution >= 4 is 17.7 Å². The van der Waals surface area contributed by atoms with E-state index in [0.717, 1.165) is 12.1 Å². The number of benzene rings is 2. The van der Waals surface area contributed by atoms with Gasteiger partial charge in [-0.3, -0.25) is 4.79 Å². The lowest BCUT2D eigenvalue weighted by Gasteiger charge is -2.02. The van der Waals surface area contributed by atoms with Gasteiger partial charge in [-0.1, -0.05) is 24.1 Å². The molecular weight excluding hydrogens is 284 g/mol. The number of rotatable bonds is 3. The van der Waals surface area contributed by atoms with E-state index in [-0.39, 0.29) is 11.1 Å². The van der Waals surface area contributed by atoms with Gasteiger partial charge in [-0.15, -0.1) is 0 Å². The summed E-state index contributed by atoms with van der Waals surface area (Å²) in [5.41, 5.74) is -0.137. The van der Waals surface area contributed by atoms with E-state index in [2.05, 4.69) is 11.8 Å². The number of aromatic carboxylic acids is 2. The molecule has 5 nitrogen and oxygen atoms in total. The number of hydrogen-bond acceptors (Lipinski definition) is 3. The van der Waals surface area contributed by atoms with Gasteiger partial charge in [0.1, 0.15) is 0 Å². The Labute approximate surface area is 125 Å². The molecular formula is C17H10O5. The van der Waals surface area contributed by atoms with Crippen molar-refractivity contribution in [3.63, 3.8) is 0 Å². The third kappa shape index (κ3) is 3.38. The maximum Gasteiger partial charge on any atom is 0.336 e. The molecule has 0 saturated heterocycles. The summed E-state index contributed by atoms with van der Waals surface area (Å²) in [6.45, 7) is 0. The number of ketones is 1. The highest BCUT2D eigenvalue weighted by Crippen LogP contribution is 2.13. The van der Waals surface area contributed by atoms with Gasteiger partial charge in [0, 0.05) is 11.1 Å². The van der Waals surface area contributed by atoms with Gasteiger partial charge in [-0.05, 0) is 36.3 Å². The number of carbonyl (C=O) groups is 3. The van der Waals surface area contributed by atoms with Crippen molar-refractivity contribution in [2.45, 2.75) is 0 Å². The first-order valence-electron chi connectivity index (χ1n) is 6.21. The molecule has 0 radical (unpaired) electrons. The SMILES string of the molecule is O=C(C#Cc1ccccc1)c1ccc(C(=O)O)c(C(=O)O)c1. The van der Waals surface area contributed by atoms with Crippen molar-refractivity contribution in [1.82, 2.24) is 0 Å². The van der Waals surface area contributed by atoms with Crippen LogP contribution in [0.4, 0.5) is 0 Å². The molecule has 0 fully saturated rings. The fraction of sp³-hybridized carbons (Fsp3) is 0. The zero-order valence-electron chi connectivity index (χ0n) is 11.2. The van der Waals surface area contributed by atoms with Crippen LogP contribution in [0.2, 0.25) is 0 Å². The van der Waals surface area contributed by atoms with Crippen molar-refractivity contribution in [2.75, 3.05) is 0 Å². The fourth-order valence-electron chi connectivity index (χ4n) is 1.77. The van der Waals surface area contributed by atoms with Gasteiger partial charge < -0.3 is 10.2 Å². The molecule has 0 amide bonds. The van der Waals surface area contributed by atoms with Crippen LogP contribution in [-0.4, -0.2) is 27.9 Å². The van der Waals surface area contributed by atoms with Gasteiger partial charge in [0.2, 0.25) is 5.78 Å². The lowest BCUT2D eigenvalue weighted by molar-refractivity contribution is 0.0651. The molecule has 2 aromatic carbocycles. The largest absolute Gasteiger partial charge is 0.478 e. The minimum Gasteiger partial charge on any atom is -0.478 e. The second-order valence-electron chi connectivity index (χ2n) is 4.32. The Kier molecular flexibility index (Phi) is 4.35. The fourth-order valence-corrected chi connectivity index (χ4v) is 1.77. The summed E-state index contributed by atoms with van der Waals surface area (Å²) in [6.07, 6.45) is 0. The van der Waals surface area contributed by atoms with Crippen LogP contribution in [0, 0.1) is 11.8 Å². The van der Waals surface area contributed by atoms with Crippen molar-refractivity contribution < 1.29 is 24.6 Å². The van der Waals surface area contributed by atoms with Gasteiger partial charge in [-0.2, -0.15) is 0 Å². The average molecular weight is 294 g/mol. The molecule has 0 aliphatic heterocycles. The molecule has 2 N–H and O–H groups in total. The third-order valence-corrected chi connectivity index (χ3v) is 2.84. The Bertz CT molecular complexity index is 810. The highest BCUT2D eigenvalue weighted by molar-refractivity contribution is 6.11. The van der Waals surface area contributed by atoms with E-state index < -0.39 is 23.3 Å². The number of carboxylic acid groups (broad SMARTS) is 2. The van der Waals surface area contributed by atoms with Crippen molar-refractivity contribution in [3.05, 3.63) is 70.8 Å². The zero-order valence-corrected chi connectivity index (χ0v) is 11.2. The summed E-state index contributed by atoms with van der Waals surface area (Å²) in [7, 11) is 0. The van der Waals surface area contributed by atoms with Gasteiger partial charge in [-0.25, -0.2) is 9.59 Å². The molecule has 0 saturated carbocycles. The van der Waals surface area contributed by atoms with Crippen LogP contribution in [0.25, 0.3) is 0 Å². The Hall–Kier alpha value is -3.39. The molecule has 0 heterocycles. The van der Waals surface area contributed by atoms with Gasteiger partial charge in [0.25, 0.3) is 0 Å². The standard InChI is InChI=1S/C17H10O5/c18-15(9-6-11-4-2-1-3-5-11)12-7-8-13(16(19)20)14(10-12)17(21)22/h1-5,7-8,10H,(H,19,20)(H,21,22). The van der Waals surface area contributed by atoms with Crippen LogP contribution in [0.3, 0.4) is 0 Å².